The molecule has 1 fully saturated rings. The number of fused-ring (bicyclic) bond motifs is 1. The molecule has 10 heteroatoms. The van der Waals surface area contributed by atoms with Gasteiger partial charge in [-0.3, -0.25) is 4.98 Å². The number of ether oxygens (including phenoxy) is 2. The molecule has 1 aromatic carbocycles. The summed E-state index contributed by atoms with van der Waals surface area (Å²) >= 11 is 0. The SMILES string of the molecule is O=S(=O)(c1ccc2c(c1)OCCO2)N1CCC[C@H](c2nnc(-c3ccccn3)o2)C1. The average Bonchev–Trinajstić information content (AvgIpc) is 3.30. The van der Waals surface area contributed by atoms with E-state index in [0.717, 1.165) is 6.42 Å². The van der Waals surface area contributed by atoms with Crippen LogP contribution in [-0.2, 0) is 10.0 Å². The van der Waals surface area contributed by atoms with Gasteiger partial charge in [-0.1, -0.05) is 6.07 Å². The first kappa shape index (κ1) is 19.0. The fraction of sp³-hybridized carbons (Fsp3) is 0.350. The van der Waals surface area contributed by atoms with E-state index in [1.807, 2.05) is 12.1 Å². The third-order valence-corrected chi connectivity index (χ3v) is 7.07. The van der Waals surface area contributed by atoms with Crippen LogP contribution < -0.4 is 9.47 Å². The molecule has 3 aromatic rings. The zero-order valence-corrected chi connectivity index (χ0v) is 16.9. The summed E-state index contributed by atoms with van der Waals surface area (Å²) in [6.45, 7) is 1.57. The van der Waals surface area contributed by atoms with E-state index in [4.69, 9.17) is 13.9 Å². The Morgan fingerprint density at radius 2 is 1.90 bits per heavy atom. The minimum atomic E-state index is -3.69. The van der Waals surface area contributed by atoms with Gasteiger partial charge >= 0.3 is 0 Å². The number of sulfonamides is 1. The van der Waals surface area contributed by atoms with E-state index in [-0.39, 0.29) is 17.4 Å². The summed E-state index contributed by atoms with van der Waals surface area (Å²) in [6, 6.07) is 10.2. The molecule has 1 atom stereocenters. The second-order valence-electron chi connectivity index (χ2n) is 7.17. The Kier molecular flexibility index (Phi) is 4.87. The molecule has 5 rings (SSSR count). The lowest BCUT2D eigenvalue weighted by Crippen LogP contribution is -2.39. The molecular formula is C20H20N4O5S. The molecule has 2 aromatic heterocycles. The largest absolute Gasteiger partial charge is 0.486 e. The summed E-state index contributed by atoms with van der Waals surface area (Å²) in [7, 11) is -3.69. The Labute approximate surface area is 173 Å². The number of hydrogen-bond acceptors (Lipinski definition) is 8. The Balaban J connectivity index is 1.37. The molecule has 156 valence electrons. The van der Waals surface area contributed by atoms with Crippen molar-refractivity contribution in [1.82, 2.24) is 19.5 Å². The molecule has 2 aliphatic heterocycles. The van der Waals surface area contributed by atoms with Crippen molar-refractivity contribution in [1.29, 1.82) is 0 Å². The second kappa shape index (κ2) is 7.69. The number of rotatable bonds is 4. The van der Waals surface area contributed by atoms with Crippen molar-refractivity contribution in [2.45, 2.75) is 23.7 Å². The first-order valence-electron chi connectivity index (χ1n) is 9.76. The lowest BCUT2D eigenvalue weighted by molar-refractivity contribution is 0.171. The summed E-state index contributed by atoms with van der Waals surface area (Å²) in [5.41, 5.74) is 0.591. The fourth-order valence-electron chi connectivity index (χ4n) is 3.69. The minimum absolute atomic E-state index is 0.171. The number of benzene rings is 1. The van der Waals surface area contributed by atoms with Crippen molar-refractivity contribution in [3.05, 3.63) is 48.5 Å². The van der Waals surface area contributed by atoms with E-state index >= 15 is 0 Å². The first-order valence-corrected chi connectivity index (χ1v) is 11.2. The molecule has 0 N–H and O–H groups in total. The minimum Gasteiger partial charge on any atom is -0.486 e. The predicted molar refractivity (Wildman–Crippen MR) is 106 cm³/mol. The molecule has 30 heavy (non-hydrogen) atoms. The highest BCUT2D eigenvalue weighted by molar-refractivity contribution is 7.89. The number of pyridine rings is 1. The van der Waals surface area contributed by atoms with Crippen LogP contribution in [0, 0.1) is 0 Å². The molecule has 0 saturated carbocycles. The monoisotopic (exact) mass is 428 g/mol. The van der Waals surface area contributed by atoms with Crippen LogP contribution in [0.2, 0.25) is 0 Å². The molecule has 0 amide bonds. The summed E-state index contributed by atoms with van der Waals surface area (Å²) in [5.74, 6) is 1.60. The Morgan fingerprint density at radius 3 is 2.73 bits per heavy atom. The van der Waals surface area contributed by atoms with Crippen molar-refractivity contribution in [3.8, 4) is 23.1 Å². The van der Waals surface area contributed by atoms with Crippen molar-refractivity contribution in [2.24, 2.45) is 0 Å². The van der Waals surface area contributed by atoms with Crippen LogP contribution in [0.5, 0.6) is 11.5 Å². The molecule has 2 aliphatic rings. The molecule has 4 heterocycles. The standard InChI is InChI=1S/C20H20N4O5S/c25-30(26,15-6-7-17-18(12-15)28-11-10-27-17)24-9-3-4-14(13-24)19-22-23-20(29-19)16-5-1-2-8-21-16/h1-2,5-8,12,14H,3-4,9-11,13H2/t14-/m0/s1. The summed E-state index contributed by atoms with van der Waals surface area (Å²) in [5, 5.41) is 8.23. The van der Waals surface area contributed by atoms with E-state index in [9.17, 15) is 8.42 Å². The van der Waals surface area contributed by atoms with Gasteiger partial charge in [0.2, 0.25) is 15.9 Å². The Bertz CT molecular complexity index is 1150. The van der Waals surface area contributed by atoms with Gasteiger partial charge in [-0.25, -0.2) is 8.42 Å². The van der Waals surface area contributed by atoms with E-state index in [2.05, 4.69) is 15.2 Å². The highest BCUT2D eigenvalue weighted by Crippen LogP contribution is 2.35. The van der Waals surface area contributed by atoms with E-state index < -0.39 is 10.0 Å². The molecular weight excluding hydrogens is 408 g/mol. The lowest BCUT2D eigenvalue weighted by Gasteiger charge is -2.30. The molecule has 0 bridgehead atoms. The van der Waals surface area contributed by atoms with Crippen LogP contribution in [0.15, 0.2) is 51.9 Å². The maximum atomic E-state index is 13.2. The van der Waals surface area contributed by atoms with Crippen LogP contribution in [-0.4, -0.2) is 54.2 Å². The van der Waals surface area contributed by atoms with E-state index in [1.165, 1.54) is 10.4 Å². The predicted octanol–water partition coefficient (Wildman–Crippen LogP) is 2.47. The Morgan fingerprint density at radius 1 is 1.03 bits per heavy atom. The van der Waals surface area contributed by atoms with Crippen LogP contribution in [0.4, 0.5) is 0 Å². The molecule has 0 radical (unpaired) electrons. The van der Waals surface area contributed by atoms with Crippen LogP contribution in [0.3, 0.4) is 0 Å². The summed E-state index contributed by atoms with van der Waals surface area (Å²) in [6.07, 6.45) is 3.13. The molecule has 0 aliphatic carbocycles. The normalized spacial score (nSPS) is 19.5. The topological polar surface area (TPSA) is 108 Å². The van der Waals surface area contributed by atoms with Crippen LogP contribution >= 0.6 is 0 Å². The van der Waals surface area contributed by atoms with Gasteiger partial charge in [0.15, 0.2) is 11.5 Å². The molecule has 9 nitrogen and oxygen atoms in total. The van der Waals surface area contributed by atoms with Gasteiger partial charge in [-0.2, -0.15) is 4.31 Å². The quantitative estimate of drug-likeness (QED) is 0.624. The zero-order valence-electron chi connectivity index (χ0n) is 16.1. The maximum Gasteiger partial charge on any atom is 0.266 e. The van der Waals surface area contributed by atoms with Gasteiger partial charge in [-0.15, -0.1) is 10.2 Å². The Hall–Kier alpha value is -2.98. The summed E-state index contributed by atoms with van der Waals surface area (Å²) < 4.78 is 44.8. The highest BCUT2D eigenvalue weighted by atomic mass is 32.2. The molecule has 1 saturated heterocycles. The maximum absolute atomic E-state index is 13.2. The third-order valence-electron chi connectivity index (χ3n) is 5.21. The number of aromatic nitrogens is 3. The van der Waals surface area contributed by atoms with Gasteiger partial charge in [0.05, 0.1) is 10.8 Å². The van der Waals surface area contributed by atoms with Gasteiger partial charge in [0, 0.05) is 25.4 Å². The van der Waals surface area contributed by atoms with Crippen molar-refractivity contribution in [3.63, 3.8) is 0 Å². The van der Waals surface area contributed by atoms with Gasteiger partial charge in [0.1, 0.15) is 18.9 Å². The first-order chi connectivity index (χ1) is 14.6. The smallest absolute Gasteiger partial charge is 0.266 e. The number of nitrogens with zero attached hydrogens (tertiary/aromatic N) is 4. The van der Waals surface area contributed by atoms with Crippen molar-refractivity contribution >= 4 is 10.0 Å². The van der Waals surface area contributed by atoms with E-state index in [0.29, 0.717) is 55.2 Å². The highest BCUT2D eigenvalue weighted by Gasteiger charge is 2.34. The van der Waals surface area contributed by atoms with Gasteiger partial charge < -0.3 is 13.9 Å². The second-order valence-corrected chi connectivity index (χ2v) is 9.11. The van der Waals surface area contributed by atoms with Crippen molar-refractivity contribution < 1.29 is 22.3 Å². The summed E-state index contributed by atoms with van der Waals surface area (Å²) in [4.78, 5) is 4.40. The average molecular weight is 428 g/mol. The lowest BCUT2D eigenvalue weighted by atomic mass is 10.00. The zero-order chi connectivity index (χ0) is 20.6. The van der Waals surface area contributed by atoms with Crippen LogP contribution in [0.25, 0.3) is 11.6 Å². The van der Waals surface area contributed by atoms with E-state index in [1.54, 1.807) is 24.4 Å². The van der Waals surface area contributed by atoms with Crippen LogP contribution in [0.1, 0.15) is 24.7 Å². The number of piperidine rings is 1. The van der Waals surface area contributed by atoms with Gasteiger partial charge in [0.25, 0.3) is 5.89 Å². The molecule has 0 unspecified atom stereocenters. The molecule has 0 spiro atoms. The fourth-order valence-corrected chi connectivity index (χ4v) is 5.23. The van der Waals surface area contributed by atoms with Gasteiger partial charge in [-0.05, 0) is 37.1 Å². The number of hydrogen-bond donors (Lipinski definition) is 0. The third kappa shape index (κ3) is 3.52. The van der Waals surface area contributed by atoms with Crippen molar-refractivity contribution in [2.75, 3.05) is 26.3 Å².